The largest absolute Gasteiger partial charge is 0.339 e. The minimum absolute atomic E-state index is 0.0654. The van der Waals surface area contributed by atoms with E-state index in [4.69, 9.17) is 0 Å². The smallest absolute Gasteiger partial charge is 0.246 e. The highest BCUT2D eigenvalue weighted by Gasteiger charge is 2.31. The maximum absolute atomic E-state index is 13.9. The first-order valence-electron chi connectivity index (χ1n) is 9.61. The second kappa shape index (κ2) is 9.47. The van der Waals surface area contributed by atoms with Crippen LogP contribution in [0.4, 0.5) is 4.39 Å². The van der Waals surface area contributed by atoms with E-state index in [1.807, 2.05) is 35.7 Å². The van der Waals surface area contributed by atoms with Crippen molar-refractivity contribution in [3.63, 3.8) is 0 Å². The molecule has 0 N–H and O–H groups in total. The summed E-state index contributed by atoms with van der Waals surface area (Å²) in [6.45, 7) is 0.839. The van der Waals surface area contributed by atoms with Gasteiger partial charge >= 0.3 is 0 Å². The van der Waals surface area contributed by atoms with Crippen molar-refractivity contribution < 1.29 is 17.6 Å². The predicted molar refractivity (Wildman–Crippen MR) is 120 cm³/mol. The number of hydrogen-bond acceptors (Lipinski definition) is 6. The minimum atomic E-state index is -3.91. The van der Waals surface area contributed by atoms with Gasteiger partial charge in [-0.1, -0.05) is 54.2 Å². The molecule has 1 aliphatic heterocycles. The van der Waals surface area contributed by atoms with E-state index in [1.165, 1.54) is 45.6 Å². The third-order valence-corrected chi connectivity index (χ3v) is 8.86. The van der Waals surface area contributed by atoms with Crippen LogP contribution >= 0.6 is 23.1 Å². The molecule has 0 aliphatic carbocycles. The Bertz CT molecular complexity index is 1160. The van der Waals surface area contributed by atoms with E-state index in [1.54, 1.807) is 4.90 Å². The Morgan fingerprint density at radius 2 is 1.71 bits per heavy atom. The summed E-state index contributed by atoms with van der Waals surface area (Å²) >= 11 is 2.87. The van der Waals surface area contributed by atoms with Gasteiger partial charge in [0.25, 0.3) is 0 Å². The van der Waals surface area contributed by atoms with E-state index >= 15 is 0 Å². The summed E-state index contributed by atoms with van der Waals surface area (Å²) in [5, 5.41) is 1.97. The van der Waals surface area contributed by atoms with Crippen molar-refractivity contribution in [3.8, 4) is 11.3 Å². The molecule has 2 heterocycles. The molecule has 6 nitrogen and oxygen atoms in total. The molecule has 2 aromatic carbocycles. The molecule has 0 saturated carbocycles. The van der Waals surface area contributed by atoms with Crippen molar-refractivity contribution >= 4 is 39.0 Å². The molecule has 1 saturated heterocycles. The number of nitrogens with zero attached hydrogens (tertiary/aromatic N) is 3. The number of sulfonamides is 1. The van der Waals surface area contributed by atoms with E-state index in [9.17, 15) is 17.6 Å². The number of thioether (sulfide) groups is 1. The average molecular weight is 478 g/mol. The fourth-order valence-corrected chi connectivity index (χ4v) is 6.48. The highest BCUT2D eigenvalue weighted by molar-refractivity contribution is 8.01. The number of benzene rings is 2. The summed E-state index contributed by atoms with van der Waals surface area (Å²) in [5.74, 6) is -0.595. The molecule has 1 aromatic heterocycles. The molecule has 10 heteroatoms. The fourth-order valence-electron chi connectivity index (χ4n) is 3.25. The van der Waals surface area contributed by atoms with Crippen molar-refractivity contribution in [1.82, 2.24) is 14.2 Å². The Balaban J connectivity index is 1.31. The van der Waals surface area contributed by atoms with E-state index in [0.717, 1.165) is 21.7 Å². The lowest BCUT2D eigenvalue weighted by atomic mass is 10.2. The predicted octanol–water partition coefficient (Wildman–Crippen LogP) is 3.57. The lowest BCUT2D eigenvalue weighted by Crippen LogP contribution is -2.51. The summed E-state index contributed by atoms with van der Waals surface area (Å²) in [6, 6.07) is 15.2. The van der Waals surface area contributed by atoms with Crippen LogP contribution in [0.15, 0.2) is 69.2 Å². The molecule has 4 rings (SSSR count). The molecular weight excluding hydrogens is 457 g/mol. The molecule has 0 unspecified atom stereocenters. The summed E-state index contributed by atoms with van der Waals surface area (Å²) < 4.78 is 41.4. The zero-order chi connectivity index (χ0) is 21.8. The van der Waals surface area contributed by atoms with Gasteiger partial charge in [-0.25, -0.2) is 17.8 Å². The standard InChI is InChI=1S/C21H20FN3O3S3/c22-17-8-4-5-9-19(17)31(27,28)25-12-10-24(11-13-25)20(26)15-30-21-23-18(14-29-21)16-6-2-1-3-7-16/h1-9,14H,10-13,15H2. The number of aromatic nitrogens is 1. The van der Waals surface area contributed by atoms with Crippen molar-refractivity contribution in [2.45, 2.75) is 9.24 Å². The van der Waals surface area contributed by atoms with Crippen LogP contribution in [0.5, 0.6) is 0 Å². The Morgan fingerprint density at radius 3 is 2.42 bits per heavy atom. The topological polar surface area (TPSA) is 70.6 Å². The van der Waals surface area contributed by atoms with Crippen LogP contribution in [-0.4, -0.2) is 60.4 Å². The normalized spacial score (nSPS) is 15.2. The zero-order valence-electron chi connectivity index (χ0n) is 16.5. The van der Waals surface area contributed by atoms with Crippen molar-refractivity contribution in [2.75, 3.05) is 31.9 Å². The van der Waals surface area contributed by atoms with Crippen molar-refractivity contribution in [3.05, 3.63) is 65.8 Å². The number of thiazole rings is 1. The van der Waals surface area contributed by atoms with Gasteiger partial charge in [-0.15, -0.1) is 11.3 Å². The first kappa shape index (κ1) is 21.9. The van der Waals surface area contributed by atoms with Gasteiger partial charge < -0.3 is 4.90 Å². The van der Waals surface area contributed by atoms with E-state index in [-0.39, 0.29) is 42.7 Å². The number of carbonyl (C=O) groups excluding carboxylic acids is 1. The number of piperazine rings is 1. The second-order valence-electron chi connectivity index (χ2n) is 6.87. The van der Waals surface area contributed by atoms with Gasteiger partial charge in [0.2, 0.25) is 15.9 Å². The Hall–Kier alpha value is -2.27. The first-order chi connectivity index (χ1) is 14.9. The third kappa shape index (κ3) is 4.98. The van der Waals surface area contributed by atoms with Gasteiger partial charge in [-0.3, -0.25) is 4.79 Å². The SMILES string of the molecule is O=C(CSc1nc(-c2ccccc2)cs1)N1CCN(S(=O)(=O)c2ccccc2F)CC1. The number of halogens is 1. The summed E-state index contributed by atoms with van der Waals surface area (Å²) in [7, 11) is -3.91. The van der Waals surface area contributed by atoms with Crippen LogP contribution in [0.1, 0.15) is 0 Å². The lowest BCUT2D eigenvalue weighted by Gasteiger charge is -2.34. The van der Waals surface area contributed by atoms with E-state index in [0.29, 0.717) is 0 Å². The summed E-state index contributed by atoms with van der Waals surface area (Å²) in [4.78, 5) is 18.5. The van der Waals surface area contributed by atoms with Crippen molar-refractivity contribution in [2.24, 2.45) is 0 Å². The van der Waals surface area contributed by atoms with Crippen LogP contribution in [0.25, 0.3) is 11.3 Å². The van der Waals surface area contributed by atoms with Gasteiger partial charge in [0.05, 0.1) is 11.4 Å². The van der Waals surface area contributed by atoms with Crippen molar-refractivity contribution in [1.29, 1.82) is 0 Å². The Morgan fingerprint density at radius 1 is 1.03 bits per heavy atom. The van der Waals surface area contributed by atoms with Crippen LogP contribution < -0.4 is 0 Å². The van der Waals surface area contributed by atoms with Crippen LogP contribution in [0, 0.1) is 5.82 Å². The molecule has 0 atom stereocenters. The molecule has 0 radical (unpaired) electrons. The van der Waals surface area contributed by atoms with Crippen LogP contribution in [0.2, 0.25) is 0 Å². The number of carbonyl (C=O) groups is 1. The molecular formula is C21H20FN3O3S3. The lowest BCUT2D eigenvalue weighted by molar-refractivity contribution is -0.129. The summed E-state index contributed by atoms with van der Waals surface area (Å²) in [6.07, 6.45) is 0. The molecule has 1 aliphatic rings. The number of hydrogen-bond donors (Lipinski definition) is 0. The fraction of sp³-hybridized carbons (Fsp3) is 0.238. The van der Waals surface area contributed by atoms with Gasteiger partial charge in [0, 0.05) is 37.1 Å². The molecule has 3 aromatic rings. The van der Waals surface area contributed by atoms with Gasteiger partial charge in [0.15, 0.2) is 4.34 Å². The van der Waals surface area contributed by atoms with Crippen LogP contribution in [0.3, 0.4) is 0 Å². The molecule has 162 valence electrons. The highest BCUT2D eigenvalue weighted by Crippen LogP contribution is 2.28. The monoisotopic (exact) mass is 477 g/mol. The quantitative estimate of drug-likeness (QED) is 0.508. The number of rotatable bonds is 6. The van der Waals surface area contributed by atoms with Gasteiger partial charge in [-0.2, -0.15) is 4.31 Å². The summed E-state index contributed by atoms with van der Waals surface area (Å²) in [5.41, 5.74) is 1.91. The molecule has 31 heavy (non-hydrogen) atoms. The third-order valence-electron chi connectivity index (χ3n) is 4.92. The molecule has 1 fully saturated rings. The molecule has 0 spiro atoms. The maximum Gasteiger partial charge on any atom is 0.246 e. The van der Waals surface area contributed by atoms with E-state index in [2.05, 4.69) is 4.98 Å². The zero-order valence-corrected chi connectivity index (χ0v) is 18.9. The van der Waals surface area contributed by atoms with Gasteiger partial charge in [-0.05, 0) is 12.1 Å². The average Bonchev–Trinajstić information content (AvgIpc) is 3.27. The highest BCUT2D eigenvalue weighted by atomic mass is 32.2. The van der Waals surface area contributed by atoms with E-state index < -0.39 is 15.8 Å². The Kier molecular flexibility index (Phi) is 6.71. The van der Waals surface area contributed by atoms with Crippen LogP contribution in [-0.2, 0) is 14.8 Å². The minimum Gasteiger partial charge on any atom is -0.339 e. The maximum atomic E-state index is 13.9. The molecule has 0 bridgehead atoms. The first-order valence-corrected chi connectivity index (χ1v) is 12.9. The molecule has 1 amide bonds. The number of amides is 1. The van der Waals surface area contributed by atoms with Gasteiger partial charge in [0.1, 0.15) is 10.7 Å². The second-order valence-corrected chi connectivity index (χ2v) is 10.9. The Labute approximate surface area is 188 Å².